The number of ether oxygens (including phenoxy) is 1. The number of alkyl halides is 1. The van der Waals surface area contributed by atoms with Crippen LogP contribution in [0.2, 0.25) is 0 Å². The van der Waals surface area contributed by atoms with Gasteiger partial charge < -0.3 is 9.84 Å². The minimum absolute atomic E-state index is 0.0483. The average molecular weight is 305 g/mol. The molecule has 5 nitrogen and oxygen atoms in total. The summed E-state index contributed by atoms with van der Waals surface area (Å²) >= 11 is 1.47. The monoisotopic (exact) mass is 305 g/mol. The zero-order valence-corrected chi connectivity index (χ0v) is 12.9. The summed E-state index contributed by atoms with van der Waals surface area (Å²) in [6.45, 7) is 3.89. The number of β-lactam (4-membered cyclic amide) rings is 1. The highest BCUT2D eigenvalue weighted by molar-refractivity contribution is 8.04. The van der Waals surface area contributed by atoms with Crippen LogP contribution >= 0.6 is 11.8 Å². The molecule has 0 radical (unpaired) electrons. The van der Waals surface area contributed by atoms with Crippen LogP contribution in [0, 0.1) is 5.92 Å². The zero-order chi connectivity index (χ0) is 15.4. The molecule has 2 heterocycles. The molecule has 2 rings (SSSR count). The van der Waals surface area contributed by atoms with Gasteiger partial charge in [-0.2, -0.15) is 0 Å². The molecule has 0 spiro atoms. The van der Waals surface area contributed by atoms with E-state index in [0.29, 0.717) is 18.5 Å². The van der Waals surface area contributed by atoms with E-state index in [1.165, 1.54) is 16.7 Å². The number of carboxylic acids is 1. The number of rotatable bonds is 5. The molecular formula is C13H20FNO4S. The van der Waals surface area contributed by atoms with Crippen LogP contribution in [0.3, 0.4) is 0 Å². The molecule has 7 heteroatoms. The average Bonchev–Trinajstić information content (AvgIpc) is 2.79. The SMILES string of the molecule is CCC(OC)C1=C(C(=O)O)N2C(=O)C(CC)C2S1.CF. The van der Waals surface area contributed by atoms with Gasteiger partial charge in [0.15, 0.2) is 0 Å². The van der Waals surface area contributed by atoms with Crippen molar-refractivity contribution in [1.82, 2.24) is 4.90 Å². The van der Waals surface area contributed by atoms with Gasteiger partial charge in [0.1, 0.15) is 5.70 Å². The smallest absolute Gasteiger partial charge is 0.353 e. The molecule has 1 saturated heterocycles. The van der Waals surface area contributed by atoms with Crippen molar-refractivity contribution in [2.24, 2.45) is 5.92 Å². The first-order chi connectivity index (χ1) is 9.56. The van der Waals surface area contributed by atoms with Crippen LogP contribution in [-0.4, -0.2) is 47.6 Å². The van der Waals surface area contributed by atoms with Crippen molar-refractivity contribution in [1.29, 1.82) is 0 Å². The summed E-state index contributed by atoms with van der Waals surface area (Å²) in [5.41, 5.74) is 0.119. The van der Waals surface area contributed by atoms with E-state index in [1.54, 1.807) is 7.11 Å². The largest absolute Gasteiger partial charge is 0.477 e. The van der Waals surface area contributed by atoms with Gasteiger partial charge in [0.05, 0.1) is 24.6 Å². The quantitative estimate of drug-likeness (QED) is 0.789. The maximum absolute atomic E-state index is 11.9. The Hall–Kier alpha value is -1.08. The summed E-state index contributed by atoms with van der Waals surface area (Å²) in [4.78, 5) is 25.4. The predicted molar refractivity (Wildman–Crippen MR) is 74.8 cm³/mol. The normalized spacial score (nSPS) is 25.6. The second kappa shape index (κ2) is 7.08. The summed E-state index contributed by atoms with van der Waals surface area (Å²) in [5, 5.41) is 9.25. The molecule has 2 aliphatic rings. The van der Waals surface area contributed by atoms with E-state index in [2.05, 4.69) is 0 Å². The summed E-state index contributed by atoms with van der Waals surface area (Å²) in [7, 11) is 2.07. The van der Waals surface area contributed by atoms with Crippen LogP contribution in [0.25, 0.3) is 0 Å². The number of carbonyl (C=O) groups is 2. The van der Waals surface area contributed by atoms with Crippen molar-refractivity contribution < 1.29 is 23.8 Å². The topological polar surface area (TPSA) is 66.8 Å². The number of fused-ring (bicyclic) bond motifs is 1. The van der Waals surface area contributed by atoms with Crippen LogP contribution in [-0.2, 0) is 14.3 Å². The molecule has 1 N–H and O–H groups in total. The van der Waals surface area contributed by atoms with E-state index in [4.69, 9.17) is 4.74 Å². The number of thioether (sulfide) groups is 1. The maximum Gasteiger partial charge on any atom is 0.353 e. The lowest BCUT2D eigenvalue weighted by atomic mass is 9.94. The van der Waals surface area contributed by atoms with E-state index < -0.39 is 5.97 Å². The highest BCUT2D eigenvalue weighted by Crippen LogP contribution is 2.51. The second-order valence-corrected chi connectivity index (χ2v) is 5.54. The Morgan fingerprint density at radius 3 is 2.50 bits per heavy atom. The Kier molecular flexibility index (Phi) is 6.01. The molecule has 0 aromatic rings. The maximum atomic E-state index is 11.9. The van der Waals surface area contributed by atoms with Crippen molar-refractivity contribution >= 4 is 23.6 Å². The molecule has 0 saturated carbocycles. The third-order valence-corrected chi connectivity index (χ3v) is 4.96. The Balaban J connectivity index is 0.000000956. The molecule has 0 aromatic carbocycles. The first-order valence-corrected chi connectivity index (χ1v) is 7.32. The number of hydrogen-bond donors (Lipinski definition) is 1. The van der Waals surface area contributed by atoms with Crippen LogP contribution in [0.5, 0.6) is 0 Å². The van der Waals surface area contributed by atoms with E-state index in [0.717, 1.165) is 6.42 Å². The minimum atomic E-state index is -1.04. The number of hydrogen-bond acceptors (Lipinski definition) is 4. The number of carboxylic acid groups (broad SMARTS) is 1. The lowest BCUT2D eigenvalue weighted by Crippen LogP contribution is -2.56. The Morgan fingerprint density at radius 2 is 2.10 bits per heavy atom. The number of amides is 1. The van der Waals surface area contributed by atoms with E-state index >= 15 is 0 Å². The van der Waals surface area contributed by atoms with Crippen molar-refractivity contribution in [3.8, 4) is 0 Å². The molecule has 20 heavy (non-hydrogen) atoms. The fraction of sp³-hybridized carbons (Fsp3) is 0.692. The molecule has 1 amide bonds. The number of nitrogens with zero attached hydrogens (tertiary/aromatic N) is 1. The van der Waals surface area contributed by atoms with Crippen LogP contribution in [0.4, 0.5) is 4.39 Å². The third-order valence-electron chi connectivity index (χ3n) is 3.47. The molecular weight excluding hydrogens is 285 g/mol. The van der Waals surface area contributed by atoms with Gasteiger partial charge in [0.2, 0.25) is 5.91 Å². The molecule has 0 bridgehead atoms. The van der Waals surface area contributed by atoms with Gasteiger partial charge in [-0.15, -0.1) is 0 Å². The van der Waals surface area contributed by atoms with E-state index in [1.807, 2.05) is 13.8 Å². The number of halogens is 1. The van der Waals surface area contributed by atoms with E-state index in [9.17, 15) is 19.1 Å². The van der Waals surface area contributed by atoms with Crippen LogP contribution in [0.15, 0.2) is 10.6 Å². The fourth-order valence-electron chi connectivity index (χ4n) is 2.47. The van der Waals surface area contributed by atoms with Crippen LogP contribution < -0.4 is 0 Å². The third kappa shape index (κ3) is 2.56. The van der Waals surface area contributed by atoms with Gasteiger partial charge in [0, 0.05) is 12.0 Å². The van der Waals surface area contributed by atoms with Crippen molar-refractivity contribution in [3.63, 3.8) is 0 Å². The number of carbonyl (C=O) groups excluding carboxylic acids is 1. The summed E-state index contributed by atoms with van der Waals surface area (Å²) < 4.78 is 14.8. The lowest BCUT2D eigenvalue weighted by molar-refractivity contribution is -0.151. The Morgan fingerprint density at radius 1 is 1.50 bits per heavy atom. The molecule has 3 atom stereocenters. The van der Waals surface area contributed by atoms with Crippen molar-refractivity contribution in [3.05, 3.63) is 10.6 Å². The summed E-state index contributed by atoms with van der Waals surface area (Å²) in [5.74, 6) is -1.18. The molecule has 3 unspecified atom stereocenters. The molecule has 1 fully saturated rings. The summed E-state index contributed by atoms with van der Waals surface area (Å²) in [6.07, 6.45) is 1.20. The summed E-state index contributed by atoms with van der Waals surface area (Å²) in [6, 6.07) is 0. The van der Waals surface area contributed by atoms with Gasteiger partial charge in [0.25, 0.3) is 0 Å². The Labute approximate surface area is 122 Å². The minimum Gasteiger partial charge on any atom is -0.477 e. The van der Waals surface area contributed by atoms with Gasteiger partial charge in [-0.05, 0) is 12.8 Å². The van der Waals surface area contributed by atoms with Crippen molar-refractivity contribution in [2.75, 3.05) is 14.3 Å². The Bertz CT molecular complexity index is 423. The number of aliphatic carboxylic acids is 1. The van der Waals surface area contributed by atoms with E-state index in [-0.39, 0.29) is 29.0 Å². The fourth-order valence-corrected chi connectivity index (χ4v) is 4.23. The predicted octanol–water partition coefficient (Wildman–Crippen LogP) is 2.23. The van der Waals surface area contributed by atoms with Crippen molar-refractivity contribution in [2.45, 2.75) is 38.2 Å². The first-order valence-electron chi connectivity index (χ1n) is 6.44. The molecule has 114 valence electrons. The highest BCUT2D eigenvalue weighted by atomic mass is 32.2. The second-order valence-electron chi connectivity index (χ2n) is 4.38. The van der Waals surface area contributed by atoms with Gasteiger partial charge in [-0.1, -0.05) is 25.6 Å². The first kappa shape index (κ1) is 17.0. The number of methoxy groups -OCH3 is 1. The molecule has 0 aliphatic carbocycles. The standard InChI is InChI=1S/C12H17NO4S.CH3F/c1-4-6-10(14)13-8(12(15)16)9(18-11(6)13)7(5-2)17-3;1-2/h6-7,11H,4-5H2,1-3H3,(H,15,16);1H3. The zero-order valence-electron chi connectivity index (χ0n) is 12.1. The highest BCUT2D eigenvalue weighted by Gasteiger charge is 2.55. The van der Waals surface area contributed by atoms with Gasteiger partial charge in [-0.25, -0.2) is 4.79 Å². The molecule has 2 aliphatic heterocycles. The lowest BCUT2D eigenvalue weighted by Gasteiger charge is -2.41. The van der Waals surface area contributed by atoms with Gasteiger partial charge >= 0.3 is 5.97 Å². The van der Waals surface area contributed by atoms with Gasteiger partial charge in [-0.3, -0.25) is 14.1 Å². The van der Waals surface area contributed by atoms with Crippen LogP contribution in [0.1, 0.15) is 26.7 Å². The molecule has 0 aromatic heterocycles.